The van der Waals surface area contributed by atoms with Crippen LogP contribution in [-0.2, 0) is 14.6 Å². The standard InChI is InChI=1S/C22H24N8O3S2/c1-5-35(31,32)10-8-27-20-16(11-23)15(3)19(21(28-20)26-7-6-9-33-4)29-30-22-17(12-24)14(2)18(13-25)34-22/h5H,1,6-10H2,2-4H3,(H2,26,27,28). The molecule has 0 spiro atoms. The van der Waals surface area contributed by atoms with Gasteiger partial charge in [-0.05, 0) is 25.8 Å². The first-order chi connectivity index (χ1) is 16.7. The molecular formula is C22H24N8O3S2. The number of azo groups is 1. The summed E-state index contributed by atoms with van der Waals surface area (Å²) in [5.41, 5.74) is 1.72. The van der Waals surface area contributed by atoms with Crippen LogP contribution >= 0.6 is 11.3 Å². The number of nitrogens with zero attached hydrogens (tertiary/aromatic N) is 6. The van der Waals surface area contributed by atoms with E-state index < -0.39 is 9.84 Å². The third-order valence-electron chi connectivity index (χ3n) is 4.86. The molecule has 182 valence electrons. The summed E-state index contributed by atoms with van der Waals surface area (Å²) < 4.78 is 28.5. The SMILES string of the molecule is C=CS(=O)(=O)CCNc1nc(NCCCOC)c(N=Nc2sc(C#N)c(C)c2C#N)c(C)c1C#N. The molecular weight excluding hydrogens is 488 g/mol. The molecule has 0 amide bonds. The second-order valence-electron chi connectivity index (χ2n) is 7.16. The van der Waals surface area contributed by atoms with Crippen LogP contribution in [-0.4, -0.2) is 46.0 Å². The minimum absolute atomic E-state index is 0.0242. The molecule has 0 fully saturated rings. The predicted molar refractivity (Wildman–Crippen MR) is 134 cm³/mol. The summed E-state index contributed by atoms with van der Waals surface area (Å²) in [6.07, 6.45) is 0.669. The molecule has 0 bridgehead atoms. The highest BCUT2D eigenvalue weighted by atomic mass is 32.2. The van der Waals surface area contributed by atoms with Crippen LogP contribution in [0.2, 0.25) is 0 Å². The summed E-state index contributed by atoms with van der Waals surface area (Å²) >= 11 is 1.05. The Morgan fingerprint density at radius 2 is 1.74 bits per heavy atom. The predicted octanol–water partition coefficient (Wildman–Crippen LogP) is 4.21. The molecule has 0 saturated carbocycles. The van der Waals surface area contributed by atoms with E-state index in [0.29, 0.717) is 41.4 Å². The summed E-state index contributed by atoms with van der Waals surface area (Å²) in [4.78, 5) is 4.84. The number of anilines is 2. The molecule has 13 heteroatoms. The summed E-state index contributed by atoms with van der Waals surface area (Å²) in [7, 11) is -1.84. The molecule has 0 aromatic carbocycles. The molecule has 0 atom stereocenters. The monoisotopic (exact) mass is 512 g/mol. The molecule has 2 aromatic rings. The third kappa shape index (κ3) is 6.84. The normalized spacial score (nSPS) is 11.0. The van der Waals surface area contributed by atoms with Gasteiger partial charge in [0.15, 0.2) is 20.7 Å². The largest absolute Gasteiger partial charge is 0.385 e. The van der Waals surface area contributed by atoms with Crippen molar-refractivity contribution in [2.75, 3.05) is 43.2 Å². The molecule has 35 heavy (non-hydrogen) atoms. The molecule has 2 aromatic heterocycles. The van der Waals surface area contributed by atoms with E-state index in [9.17, 15) is 24.2 Å². The van der Waals surface area contributed by atoms with Gasteiger partial charge >= 0.3 is 0 Å². The number of hydrogen-bond acceptors (Lipinski definition) is 12. The maximum Gasteiger partial charge on any atom is 0.172 e. The van der Waals surface area contributed by atoms with Gasteiger partial charge in [0.2, 0.25) is 0 Å². The van der Waals surface area contributed by atoms with Gasteiger partial charge in [-0.1, -0.05) is 6.58 Å². The Kier molecular flexibility index (Phi) is 9.86. The van der Waals surface area contributed by atoms with Crippen LogP contribution in [0.5, 0.6) is 0 Å². The fourth-order valence-electron chi connectivity index (χ4n) is 2.93. The van der Waals surface area contributed by atoms with Crippen molar-refractivity contribution in [1.82, 2.24) is 4.98 Å². The quantitative estimate of drug-likeness (QED) is 0.311. The van der Waals surface area contributed by atoms with Gasteiger partial charge < -0.3 is 15.4 Å². The van der Waals surface area contributed by atoms with Crippen LogP contribution in [0.3, 0.4) is 0 Å². The number of sulfone groups is 1. The van der Waals surface area contributed by atoms with E-state index in [1.807, 2.05) is 12.1 Å². The maximum atomic E-state index is 11.7. The number of nitriles is 3. The van der Waals surface area contributed by atoms with Gasteiger partial charge in [-0.25, -0.2) is 13.4 Å². The molecule has 2 N–H and O–H groups in total. The summed E-state index contributed by atoms with van der Waals surface area (Å²) in [6, 6.07) is 6.16. The minimum atomic E-state index is -3.43. The summed E-state index contributed by atoms with van der Waals surface area (Å²) in [5.74, 6) is 0.312. The fraction of sp³-hybridized carbons (Fsp3) is 0.364. The van der Waals surface area contributed by atoms with Gasteiger partial charge in [0, 0.05) is 37.8 Å². The fourth-order valence-corrected chi connectivity index (χ4v) is 4.36. The van der Waals surface area contributed by atoms with Gasteiger partial charge in [0.25, 0.3) is 0 Å². The van der Waals surface area contributed by atoms with E-state index in [0.717, 1.165) is 16.7 Å². The number of ether oxygens (including phenoxy) is 1. The van der Waals surface area contributed by atoms with Crippen molar-refractivity contribution in [3.8, 4) is 18.2 Å². The Morgan fingerprint density at radius 1 is 1.06 bits per heavy atom. The lowest BCUT2D eigenvalue weighted by molar-refractivity contribution is 0.198. The van der Waals surface area contributed by atoms with E-state index in [1.54, 1.807) is 21.0 Å². The zero-order valence-electron chi connectivity index (χ0n) is 19.5. The molecule has 11 nitrogen and oxygen atoms in total. The summed E-state index contributed by atoms with van der Waals surface area (Å²) in [5, 5.41) is 44.2. The molecule has 0 saturated heterocycles. The lowest BCUT2D eigenvalue weighted by atomic mass is 10.1. The van der Waals surface area contributed by atoms with E-state index in [-0.39, 0.29) is 39.9 Å². The first-order valence-corrected chi connectivity index (χ1v) is 12.9. The van der Waals surface area contributed by atoms with Crippen molar-refractivity contribution < 1.29 is 13.2 Å². The first kappa shape index (κ1) is 27.4. The smallest absolute Gasteiger partial charge is 0.172 e. The number of hydrogen-bond donors (Lipinski definition) is 2. The summed E-state index contributed by atoms with van der Waals surface area (Å²) in [6.45, 7) is 7.65. The number of methoxy groups -OCH3 is 1. The maximum absolute atomic E-state index is 11.7. The van der Waals surface area contributed by atoms with E-state index in [2.05, 4.69) is 38.5 Å². The Bertz CT molecular complexity index is 1360. The van der Waals surface area contributed by atoms with Crippen molar-refractivity contribution in [1.29, 1.82) is 15.8 Å². The number of pyridine rings is 1. The Hall–Kier alpha value is -3.83. The van der Waals surface area contributed by atoms with Crippen LogP contribution in [0.1, 0.15) is 33.6 Å². The van der Waals surface area contributed by atoms with Crippen molar-refractivity contribution in [3.63, 3.8) is 0 Å². The highest BCUT2D eigenvalue weighted by molar-refractivity contribution is 7.94. The molecule has 0 aliphatic heterocycles. The second-order valence-corrected chi connectivity index (χ2v) is 10.2. The topological polar surface area (TPSA) is 176 Å². The highest BCUT2D eigenvalue weighted by Gasteiger charge is 2.19. The van der Waals surface area contributed by atoms with Crippen molar-refractivity contribution >= 4 is 43.5 Å². The Balaban J connectivity index is 2.52. The van der Waals surface area contributed by atoms with Crippen molar-refractivity contribution in [3.05, 3.63) is 39.1 Å². The van der Waals surface area contributed by atoms with E-state index in [1.165, 1.54) is 0 Å². The molecule has 0 aliphatic carbocycles. The Morgan fingerprint density at radius 3 is 2.34 bits per heavy atom. The average Bonchev–Trinajstić information content (AvgIpc) is 3.15. The van der Waals surface area contributed by atoms with Gasteiger partial charge in [-0.3, -0.25) is 0 Å². The van der Waals surface area contributed by atoms with Gasteiger partial charge in [0.05, 0.1) is 16.9 Å². The number of rotatable bonds is 12. The van der Waals surface area contributed by atoms with E-state index >= 15 is 0 Å². The van der Waals surface area contributed by atoms with Crippen LogP contribution < -0.4 is 10.6 Å². The number of aromatic nitrogens is 1. The number of nitrogens with one attached hydrogen (secondary N) is 2. The molecule has 0 unspecified atom stereocenters. The van der Waals surface area contributed by atoms with Gasteiger partial charge in [-0.2, -0.15) is 15.8 Å². The molecule has 2 rings (SSSR count). The van der Waals surface area contributed by atoms with Crippen LogP contribution in [0.25, 0.3) is 0 Å². The lowest BCUT2D eigenvalue weighted by Gasteiger charge is -2.15. The number of thiophene rings is 1. The van der Waals surface area contributed by atoms with E-state index in [4.69, 9.17) is 4.74 Å². The average molecular weight is 513 g/mol. The molecule has 0 aliphatic rings. The zero-order valence-corrected chi connectivity index (χ0v) is 21.2. The highest BCUT2D eigenvalue weighted by Crippen LogP contribution is 2.38. The van der Waals surface area contributed by atoms with Crippen LogP contribution in [0, 0.1) is 47.8 Å². The Labute approximate surface area is 208 Å². The van der Waals surface area contributed by atoms with Crippen LogP contribution in [0.15, 0.2) is 22.2 Å². The first-order valence-electron chi connectivity index (χ1n) is 10.3. The van der Waals surface area contributed by atoms with Gasteiger partial charge in [0.1, 0.15) is 34.6 Å². The van der Waals surface area contributed by atoms with Crippen molar-refractivity contribution in [2.24, 2.45) is 10.2 Å². The second kappa shape index (κ2) is 12.6. The molecule has 2 heterocycles. The van der Waals surface area contributed by atoms with Crippen molar-refractivity contribution in [2.45, 2.75) is 20.3 Å². The third-order valence-corrected chi connectivity index (χ3v) is 7.22. The lowest BCUT2D eigenvalue weighted by Crippen LogP contribution is -2.16. The van der Waals surface area contributed by atoms with Crippen LogP contribution in [0.4, 0.5) is 22.3 Å². The minimum Gasteiger partial charge on any atom is -0.385 e. The molecule has 0 radical (unpaired) electrons. The van der Waals surface area contributed by atoms with Gasteiger partial charge in [-0.15, -0.1) is 21.6 Å². The zero-order chi connectivity index (χ0) is 26.0.